The molecule has 0 aliphatic rings. The predicted molar refractivity (Wildman–Crippen MR) is 116 cm³/mol. The highest BCUT2D eigenvalue weighted by Gasteiger charge is 2.29. The van der Waals surface area contributed by atoms with Crippen LogP contribution in [0.2, 0.25) is 0 Å². The van der Waals surface area contributed by atoms with Crippen LogP contribution < -0.4 is 4.74 Å². The van der Waals surface area contributed by atoms with Gasteiger partial charge in [0, 0.05) is 10.6 Å². The summed E-state index contributed by atoms with van der Waals surface area (Å²) in [5.74, 6) is 0.404. The van der Waals surface area contributed by atoms with Gasteiger partial charge in [0.25, 0.3) is 0 Å². The number of carbonyl (C=O) groups is 1. The van der Waals surface area contributed by atoms with Gasteiger partial charge >= 0.3 is 12.1 Å². The number of rotatable bonds is 8. The molecule has 0 spiro atoms. The average molecular weight is 446 g/mol. The molecule has 0 saturated carbocycles. The number of hydrogen-bond donors (Lipinski definition) is 1. The summed E-state index contributed by atoms with van der Waals surface area (Å²) in [6, 6.07) is 18.6. The molecule has 0 aliphatic heterocycles. The summed E-state index contributed by atoms with van der Waals surface area (Å²) in [7, 11) is 0. The second kappa shape index (κ2) is 9.92. The quantitative estimate of drug-likeness (QED) is 0.403. The lowest BCUT2D eigenvalue weighted by molar-refractivity contribution is -0.139. The molecule has 0 heterocycles. The first-order valence-corrected chi connectivity index (χ1v) is 10.6. The number of alkyl halides is 3. The molecule has 0 bridgehead atoms. The Hall–Kier alpha value is -2.93. The molecule has 1 N–H and O–H groups in total. The van der Waals surface area contributed by atoms with E-state index in [4.69, 9.17) is 9.84 Å². The van der Waals surface area contributed by atoms with E-state index in [1.807, 2.05) is 43.3 Å². The van der Waals surface area contributed by atoms with Crippen molar-refractivity contribution in [1.29, 1.82) is 0 Å². The molecule has 7 heteroatoms. The maximum absolute atomic E-state index is 12.7. The van der Waals surface area contributed by atoms with Crippen molar-refractivity contribution in [3.05, 3.63) is 83.4 Å². The fourth-order valence-corrected chi connectivity index (χ4v) is 4.01. The molecule has 0 radical (unpaired) electrons. The first kappa shape index (κ1) is 22.7. The molecular weight excluding hydrogens is 425 g/mol. The molecule has 3 aromatic rings. The van der Waals surface area contributed by atoms with Gasteiger partial charge in [0.1, 0.15) is 5.75 Å². The Morgan fingerprint density at radius 2 is 1.58 bits per heavy atom. The fraction of sp³-hybridized carbons (Fsp3) is 0.208. The maximum atomic E-state index is 12.7. The molecular formula is C24H21F3O3S. The van der Waals surface area contributed by atoms with Crippen LogP contribution in [0.4, 0.5) is 13.2 Å². The minimum absolute atomic E-state index is 0.365. The van der Waals surface area contributed by atoms with Crippen molar-refractivity contribution in [2.24, 2.45) is 0 Å². The Balaban J connectivity index is 1.54. The van der Waals surface area contributed by atoms with Crippen LogP contribution in [0.25, 0.3) is 11.1 Å². The molecule has 0 fully saturated rings. The number of carboxylic acid groups (broad SMARTS) is 1. The third-order valence-electron chi connectivity index (χ3n) is 4.66. The SMILES string of the molecule is Cc1cc(SCCc2ccc(-c3ccc(C(F)(F)F)cc3)cc2)ccc1OCC(=O)O. The number of thioether (sulfide) groups is 1. The molecule has 162 valence electrons. The van der Waals surface area contributed by atoms with Crippen LogP contribution in [-0.4, -0.2) is 23.4 Å². The van der Waals surface area contributed by atoms with Crippen LogP contribution in [-0.2, 0) is 17.4 Å². The number of carboxylic acids is 1. The van der Waals surface area contributed by atoms with E-state index in [-0.39, 0.29) is 6.61 Å². The zero-order valence-electron chi connectivity index (χ0n) is 16.8. The van der Waals surface area contributed by atoms with E-state index in [2.05, 4.69) is 0 Å². The van der Waals surface area contributed by atoms with Gasteiger partial charge < -0.3 is 9.84 Å². The lowest BCUT2D eigenvalue weighted by Gasteiger charge is -2.10. The monoisotopic (exact) mass is 446 g/mol. The molecule has 0 aromatic heterocycles. The second-order valence-electron chi connectivity index (χ2n) is 6.98. The summed E-state index contributed by atoms with van der Waals surface area (Å²) in [5, 5.41) is 8.70. The first-order valence-electron chi connectivity index (χ1n) is 9.57. The number of ether oxygens (including phenoxy) is 1. The summed E-state index contributed by atoms with van der Waals surface area (Å²) in [5.41, 5.74) is 2.99. The lowest BCUT2D eigenvalue weighted by atomic mass is 10.0. The van der Waals surface area contributed by atoms with Crippen LogP contribution in [0.15, 0.2) is 71.6 Å². The van der Waals surface area contributed by atoms with Crippen molar-refractivity contribution in [2.45, 2.75) is 24.4 Å². The molecule has 3 nitrogen and oxygen atoms in total. The van der Waals surface area contributed by atoms with E-state index in [1.54, 1.807) is 17.8 Å². The zero-order chi connectivity index (χ0) is 22.4. The van der Waals surface area contributed by atoms with Gasteiger partial charge in [-0.15, -0.1) is 11.8 Å². The minimum atomic E-state index is -4.33. The standard InChI is InChI=1S/C24H21F3O3S/c1-16-14-21(10-11-22(16)30-15-23(28)29)31-13-12-17-2-4-18(5-3-17)19-6-8-20(9-7-19)24(25,26)27/h2-11,14H,12-13,15H2,1H3,(H,28,29). The Labute approximate surface area is 182 Å². The molecule has 0 aliphatic carbocycles. The Kier molecular flexibility index (Phi) is 7.28. The van der Waals surface area contributed by atoms with Gasteiger partial charge in [-0.05, 0) is 65.9 Å². The van der Waals surface area contributed by atoms with Crippen molar-refractivity contribution in [1.82, 2.24) is 0 Å². The number of aliphatic carboxylic acids is 1. The summed E-state index contributed by atoms with van der Waals surface area (Å²) in [6.45, 7) is 1.51. The van der Waals surface area contributed by atoms with Crippen LogP contribution in [0, 0.1) is 6.92 Å². The minimum Gasteiger partial charge on any atom is -0.482 e. The van der Waals surface area contributed by atoms with Gasteiger partial charge in [-0.2, -0.15) is 13.2 Å². The second-order valence-corrected chi connectivity index (χ2v) is 8.15. The van der Waals surface area contributed by atoms with Crippen molar-refractivity contribution >= 4 is 17.7 Å². The fourth-order valence-electron chi connectivity index (χ4n) is 3.02. The van der Waals surface area contributed by atoms with Crippen LogP contribution in [0.3, 0.4) is 0 Å². The van der Waals surface area contributed by atoms with Crippen LogP contribution in [0.1, 0.15) is 16.7 Å². The van der Waals surface area contributed by atoms with E-state index < -0.39 is 17.7 Å². The van der Waals surface area contributed by atoms with Crippen molar-refractivity contribution < 1.29 is 27.8 Å². The van der Waals surface area contributed by atoms with Crippen LogP contribution in [0.5, 0.6) is 5.75 Å². The van der Waals surface area contributed by atoms with Gasteiger partial charge in [0.2, 0.25) is 0 Å². The number of hydrogen-bond acceptors (Lipinski definition) is 3. The van der Waals surface area contributed by atoms with Gasteiger partial charge in [-0.25, -0.2) is 4.79 Å². The highest BCUT2D eigenvalue weighted by atomic mass is 32.2. The molecule has 31 heavy (non-hydrogen) atoms. The highest BCUT2D eigenvalue weighted by molar-refractivity contribution is 7.99. The molecule has 0 saturated heterocycles. The van der Waals surface area contributed by atoms with Crippen molar-refractivity contribution in [2.75, 3.05) is 12.4 Å². The molecule has 3 aromatic carbocycles. The third kappa shape index (κ3) is 6.52. The van der Waals surface area contributed by atoms with E-state index >= 15 is 0 Å². The van der Waals surface area contributed by atoms with Crippen molar-refractivity contribution in [3.63, 3.8) is 0 Å². The predicted octanol–water partition coefficient (Wildman–Crippen LogP) is 6.48. The number of benzene rings is 3. The van der Waals surface area contributed by atoms with E-state index in [9.17, 15) is 18.0 Å². The summed E-state index contributed by atoms with van der Waals surface area (Å²) in [6.07, 6.45) is -3.49. The topological polar surface area (TPSA) is 46.5 Å². The number of aryl methyl sites for hydroxylation is 2. The van der Waals surface area contributed by atoms with Gasteiger partial charge in [-0.1, -0.05) is 36.4 Å². The number of halogens is 3. The van der Waals surface area contributed by atoms with E-state index in [0.29, 0.717) is 5.75 Å². The van der Waals surface area contributed by atoms with Gasteiger partial charge in [-0.3, -0.25) is 0 Å². The first-order chi connectivity index (χ1) is 14.7. The zero-order valence-corrected chi connectivity index (χ0v) is 17.6. The molecule has 3 rings (SSSR count). The summed E-state index contributed by atoms with van der Waals surface area (Å²) >= 11 is 1.69. The Morgan fingerprint density at radius 3 is 2.13 bits per heavy atom. The summed E-state index contributed by atoms with van der Waals surface area (Å²) in [4.78, 5) is 11.7. The largest absolute Gasteiger partial charge is 0.482 e. The van der Waals surface area contributed by atoms with Gasteiger partial charge in [0.05, 0.1) is 5.56 Å². The van der Waals surface area contributed by atoms with Gasteiger partial charge in [0.15, 0.2) is 6.61 Å². The Morgan fingerprint density at radius 1 is 0.968 bits per heavy atom. The molecule has 0 atom stereocenters. The van der Waals surface area contributed by atoms with E-state index in [0.717, 1.165) is 51.5 Å². The highest BCUT2D eigenvalue weighted by Crippen LogP contribution is 2.31. The Bertz CT molecular complexity index is 1030. The van der Waals surface area contributed by atoms with Crippen molar-refractivity contribution in [3.8, 4) is 16.9 Å². The normalized spacial score (nSPS) is 11.4. The van der Waals surface area contributed by atoms with Crippen LogP contribution >= 0.6 is 11.8 Å². The smallest absolute Gasteiger partial charge is 0.416 e. The average Bonchev–Trinajstić information content (AvgIpc) is 2.73. The lowest BCUT2D eigenvalue weighted by Crippen LogP contribution is -2.10. The maximum Gasteiger partial charge on any atom is 0.416 e. The molecule has 0 unspecified atom stereocenters. The summed E-state index contributed by atoms with van der Waals surface area (Å²) < 4.78 is 43.3. The third-order valence-corrected chi connectivity index (χ3v) is 5.65. The van der Waals surface area contributed by atoms with E-state index in [1.165, 1.54) is 12.1 Å². The molecule has 0 amide bonds.